The average Bonchev–Trinajstić information content (AvgIpc) is 2.98. The average molecular weight is 697 g/mol. The molecule has 238 valence electrons. The van der Waals surface area contributed by atoms with E-state index in [9.17, 15) is 4.79 Å². The third-order valence-corrected chi connectivity index (χ3v) is 7.40. The number of aromatic nitrogens is 1. The summed E-state index contributed by atoms with van der Waals surface area (Å²) in [5.41, 5.74) is 1.20. The van der Waals surface area contributed by atoms with Gasteiger partial charge in [0.1, 0.15) is 12.3 Å². The Morgan fingerprint density at radius 2 is 1.43 bits per heavy atom. The Morgan fingerprint density at radius 3 is 2.05 bits per heavy atom. The quantitative estimate of drug-likeness (QED) is 0.0904. The van der Waals surface area contributed by atoms with Gasteiger partial charge in [0.15, 0.2) is 30.5 Å². The molecule has 0 aliphatic rings. The van der Waals surface area contributed by atoms with Gasteiger partial charge in [0.25, 0.3) is 5.91 Å². The van der Waals surface area contributed by atoms with Crippen LogP contribution in [-0.4, -0.2) is 32.8 Å². The summed E-state index contributed by atoms with van der Waals surface area (Å²) in [6.45, 7) is 6.66. The third-order valence-electron chi connectivity index (χ3n) is 7.40. The van der Waals surface area contributed by atoms with Crippen LogP contribution in [0.15, 0.2) is 42.7 Å². The maximum absolute atomic E-state index is 12.3. The summed E-state index contributed by atoms with van der Waals surface area (Å²) in [4.78, 5) is 12.3. The van der Waals surface area contributed by atoms with Crippen LogP contribution >= 0.6 is 0 Å². The van der Waals surface area contributed by atoms with Crippen molar-refractivity contribution >= 4 is 5.91 Å². The highest BCUT2D eigenvalue weighted by Crippen LogP contribution is 2.31. The zero-order valence-corrected chi connectivity index (χ0v) is 28.8. The number of amides is 1. The van der Waals surface area contributed by atoms with E-state index in [1.807, 2.05) is 18.2 Å². The number of hydrogen-bond acceptors (Lipinski definition) is 4. The number of carbonyl (C=O) groups excluding carboxylic acids is 1. The van der Waals surface area contributed by atoms with Crippen LogP contribution in [0.5, 0.6) is 17.2 Å². The van der Waals surface area contributed by atoms with E-state index in [4.69, 9.17) is 14.2 Å². The number of rotatable bonds is 25. The van der Waals surface area contributed by atoms with Gasteiger partial charge in [-0.1, -0.05) is 97.3 Å². The number of hydrogen-bond donors (Lipinski definition) is 1. The minimum absolute atomic E-state index is 0. The number of halogens is 1. The van der Waals surface area contributed by atoms with Crippen LogP contribution in [0.2, 0.25) is 0 Å². The fourth-order valence-electron chi connectivity index (χ4n) is 5.01. The summed E-state index contributed by atoms with van der Waals surface area (Å²) in [5.74, 6) is 1.72. The predicted octanol–water partition coefficient (Wildman–Crippen LogP) is 4.99. The normalized spacial score (nSPS) is 10.6. The first-order chi connectivity index (χ1) is 20.2. The number of aryl methyl sites for hydroxylation is 1. The second-order valence-corrected chi connectivity index (χ2v) is 11.1. The van der Waals surface area contributed by atoms with E-state index in [1.54, 1.807) is 7.11 Å². The van der Waals surface area contributed by atoms with Gasteiger partial charge >= 0.3 is 0 Å². The molecule has 2 aromatic rings. The number of unbranched alkanes of at least 4 members (excludes halogenated alkanes) is 13. The van der Waals surface area contributed by atoms with Crippen molar-refractivity contribution in [2.24, 2.45) is 0 Å². The summed E-state index contributed by atoms with van der Waals surface area (Å²) in [7, 11) is 1.60. The molecule has 0 saturated carbocycles. The highest BCUT2D eigenvalue weighted by Gasteiger charge is 2.10. The molecule has 1 aromatic heterocycles. The smallest absolute Gasteiger partial charge is 0.257 e. The Balaban J connectivity index is 0.00000882. The van der Waals surface area contributed by atoms with Crippen molar-refractivity contribution < 1.29 is 47.5 Å². The molecule has 7 heteroatoms. The van der Waals surface area contributed by atoms with Crippen LogP contribution in [0.25, 0.3) is 0 Å². The maximum atomic E-state index is 12.3. The van der Waals surface area contributed by atoms with E-state index in [2.05, 4.69) is 48.3 Å². The van der Waals surface area contributed by atoms with Crippen molar-refractivity contribution in [2.45, 2.75) is 123 Å². The fraction of sp³-hybridized carbons (Fsp3) is 0.657. The number of ether oxygens (including phenoxy) is 3. The number of benzene rings is 1. The molecule has 0 unspecified atom stereocenters. The van der Waals surface area contributed by atoms with Gasteiger partial charge in [-0.15, -0.1) is 0 Å². The van der Waals surface area contributed by atoms with E-state index in [0.717, 1.165) is 31.6 Å². The van der Waals surface area contributed by atoms with E-state index >= 15 is 0 Å². The standard InChI is InChI=1S/C35H56N2O4.HI/c1-4-6-7-8-9-10-11-12-13-14-15-16-17-18-27-40-32-21-22-33(34(28-32)39-3)41-30-35(38)36-24-23-31-20-19-26-37(29-31)25-5-2;/h19-22,26,28-29H,4-18,23-25,27,30H2,1-3H3;1H. The van der Waals surface area contributed by atoms with Crippen molar-refractivity contribution in [1.82, 2.24) is 5.32 Å². The van der Waals surface area contributed by atoms with Gasteiger partial charge in [-0.2, -0.15) is 0 Å². The minimum Gasteiger partial charge on any atom is -1.00 e. The van der Waals surface area contributed by atoms with Gasteiger partial charge in [0.05, 0.1) is 13.7 Å². The molecule has 6 nitrogen and oxygen atoms in total. The highest BCUT2D eigenvalue weighted by atomic mass is 127. The molecule has 1 aromatic carbocycles. The Morgan fingerprint density at radius 1 is 0.786 bits per heavy atom. The highest BCUT2D eigenvalue weighted by molar-refractivity contribution is 5.77. The molecular weight excluding hydrogens is 639 g/mol. The van der Waals surface area contributed by atoms with Crippen molar-refractivity contribution in [2.75, 3.05) is 26.9 Å². The lowest BCUT2D eigenvalue weighted by Crippen LogP contribution is -3.00. The van der Waals surface area contributed by atoms with Crippen LogP contribution in [0.1, 0.15) is 116 Å². The van der Waals surface area contributed by atoms with Gasteiger partial charge in [-0.05, 0) is 31.0 Å². The Labute approximate surface area is 273 Å². The Hall–Kier alpha value is -2.03. The predicted molar refractivity (Wildman–Crippen MR) is 168 cm³/mol. The molecule has 42 heavy (non-hydrogen) atoms. The zero-order valence-electron chi connectivity index (χ0n) is 26.6. The second kappa shape index (κ2) is 25.5. The van der Waals surface area contributed by atoms with Gasteiger partial charge in [-0.25, -0.2) is 4.57 Å². The summed E-state index contributed by atoms with van der Waals surface area (Å²) >= 11 is 0. The third kappa shape index (κ3) is 17.8. The lowest BCUT2D eigenvalue weighted by atomic mass is 10.0. The minimum atomic E-state index is -0.150. The van der Waals surface area contributed by atoms with E-state index in [0.29, 0.717) is 24.7 Å². The van der Waals surface area contributed by atoms with Crippen molar-refractivity contribution in [3.05, 3.63) is 48.3 Å². The number of carbonyl (C=O) groups is 1. The SMILES string of the molecule is CCCCCCCCCCCCCCCCOc1ccc(OCC(=O)NCCc2ccc[n+](CCC)c2)c(OC)c1.[I-]. The van der Waals surface area contributed by atoms with Crippen LogP contribution < -0.4 is 48.1 Å². The van der Waals surface area contributed by atoms with Gasteiger partial charge in [0.2, 0.25) is 0 Å². The Kier molecular flexibility index (Phi) is 23.0. The molecule has 1 N–H and O–H groups in total. The van der Waals surface area contributed by atoms with Crippen molar-refractivity contribution in [1.29, 1.82) is 0 Å². The molecule has 0 spiro atoms. The summed E-state index contributed by atoms with van der Waals surface area (Å²) in [6.07, 6.45) is 24.9. The van der Waals surface area contributed by atoms with Crippen molar-refractivity contribution in [3.63, 3.8) is 0 Å². The fourth-order valence-corrected chi connectivity index (χ4v) is 5.01. The topological polar surface area (TPSA) is 60.7 Å². The largest absolute Gasteiger partial charge is 1.00 e. The summed E-state index contributed by atoms with van der Waals surface area (Å²) in [5, 5.41) is 2.93. The van der Waals surface area contributed by atoms with Crippen LogP contribution in [-0.2, 0) is 17.8 Å². The molecule has 2 rings (SSSR count). The van der Waals surface area contributed by atoms with E-state index in [-0.39, 0.29) is 36.5 Å². The number of methoxy groups -OCH3 is 1. The van der Waals surface area contributed by atoms with Crippen LogP contribution in [0.3, 0.4) is 0 Å². The van der Waals surface area contributed by atoms with Gasteiger partial charge in [0, 0.05) is 30.7 Å². The summed E-state index contributed by atoms with van der Waals surface area (Å²) < 4.78 is 19.3. The second-order valence-electron chi connectivity index (χ2n) is 11.1. The molecule has 0 fully saturated rings. The number of pyridine rings is 1. The maximum Gasteiger partial charge on any atom is 0.257 e. The monoisotopic (exact) mass is 696 g/mol. The van der Waals surface area contributed by atoms with Crippen LogP contribution in [0, 0.1) is 0 Å². The molecule has 0 bridgehead atoms. The lowest BCUT2D eigenvalue weighted by Gasteiger charge is -2.13. The molecular formula is C35H57IN2O4. The number of nitrogens with one attached hydrogen (secondary N) is 1. The first kappa shape index (κ1) is 38.0. The van der Waals surface area contributed by atoms with Gasteiger partial charge in [-0.3, -0.25) is 4.79 Å². The first-order valence-corrected chi connectivity index (χ1v) is 16.3. The first-order valence-electron chi connectivity index (χ1n) is 16.3. The molecule has 0 aliphatic heterocycles. The molecule has 0 saturated heterocycles. The zero-order chi connectivity index (χ0) is 29.4. The lowest BCUT2D eigenvalue weighted by molar-refractivity contribution is -0.697. The molecule has 0 aliphatic carbocycles. The number of nitrogens with zero attached hydrogens (tertiary/aromatic N) is 1. The summed E-state index contributed by atoms with van der Waals surface area (Å²) in [6, 6.07) is 9.65. The van der Waals surface area contributed by atoms with E-state index < -0.39 is 0 Å². The van der Waals surface area contributed by atoms with Crippen LogP contribution in [0.4, 0.5) is 0 Å². The molecule has 1 amide bonds. The molecule has 0 atom stereocenters. The van der Waals surface area contributed by atoms with E-state index in [1.165, 1.54) is 89.0 Å². The van der Waals surface area contributed by atoms with Crippen molar-refractivity contribution in [3.8, 4) is 17.2 Å². The molecule has 1 heterocycles. The molecule has 0 radical (unpaired) electrons. The Bertz CT molecular complexity index is 956. The van der Waals surface area contributed by atoms with Gasteiger partial charge < -0.3 is 43.5 Å².